The Kier molecular flexibility index (Phi) is 2.56. The number of aliphatic carboxylic acids is 1. The van der Waals surface area contributed by atoms with Gasteiger partial charge in [-0.3, -0.25) is 9.59 Å². The SMILES string of the molecule is CC(C)(C)CNC(=O)C1(C(=O)O)CC1. The molecule has 0 unspecified atom stereocenters. The van der Waals surface area contributed by atoms with Crippen LogP contribution in [0.25, 0.3) is 0 Å². The molecular formula is C10H17NO3. The van der Waals surface area contributed by atoms with E-state index in [1.165, 1.54) is 0 Å². The summed E-state index contributed by atoms with van der Waals surface area (Å²) in [7, 11) is 0. The minimum absolute atomic E-state index is 0.00968. The van der Waals surface area contributed by atoms with Gasteiger partial charge in [-0.15, -0.1) is 0 Å². The maximum absolute atomic E-state index is 11.5. The van der Waals surface area contributed by atoms with E-state index in [9.17, 15) is 9.59 Å². The van der Waals surface area contributed by atoms with Crippen LogP contribution in [-0.2, 0) is 9.59 Å². The first-order chi connectivity index (χ1) is 6.28. The number of rotatable bonds is 3. The molecule has 14 heavy (non-hydrogen) atoms. The first-order valence-corrected chi connectivity index (χ1v) is 4.80. The maximum atomic E-state index is 11.5. The zero-order chi connectivity index (χ0) is 11.0. The van der Waals surface area contributed by atoms with Crippen molar-refractivity contribution in [2.24, 2.45) is 10.8 Å². The lowest BCUT2D eigenvalue weighted by Crippen LogP contribution is -2.40. The minimum atomic E-state index is -1.11. The van der Waals surface area contributed by atoms with Crippen molar-refractivity contribution in [3.8, 4) is 0 Å². The smallest absolute Gasteiger partial charge is 0.319 e. The number of carbonyl (C=O) groups excluding carboxylic acids is 1. The van der Waals surface area contributed by atoms with Gasteiger partial charge in [0.2, 0.25) is 5.91 Å². The van der Waals surface area contributed by atoms with Crippen LogP contribution >= 0.6 is 0 Å². The zero-order valence-corrected chi connectivity index (χ0v) is 8.89. The highest BCUT2D eigenvalue weighted by atomic mass is 16.4. The average Bonchev–Trinajstić information content (AvgIpc) is 2.78. The topological polar surface area (TPSA) is 66.4 Å². The van der Waals surface area contributed by atoms with Gasteiger partial charge in [-0.25, -0.2) is 0 Å². The van der Waals surface area contributed by atoms with Crippen LogP contribution < -0.4 is 5.32 Å². The standard InChI is InChI=1S/C10H17NO3/c1-9(2,3)6-11-7(12)10(4-5-10)8(13)14/h4-6H2,1-3H3,(H,11,12)(H,13,14). The molecule has 1 rings (SSSR count). The number of carbonyl (C=O) groups is 2. The van der Waals surface area contributed by atoms with Crippen LogP contribution in [0.1, 0.15) is 33.6 Å². The second-order valence-corrected chi connectivity index (χ2v) is 5.13. The van der Waals surface area contributed by atoms with Gasteiger partial charge < -0.3 is 10.4 Å². The molecule has 1 saturated carbocycles. The second kappa shape index (κ2) is 3.26. The van der Waals surface area contributed by atoms with Crippen molar-refractivity contribution in [3.63, 3.8) is 0 Å². The number of hydrogen-bond acceptors (Lipinski definition) is 2. The molecule has 0 aromatic heterocycles. The van der Waals surface area contributed by atoms with Crippen molar-refractivity contribution in [3.05, 3.63) is 0 Å². The van der Waals surface area contributed by atoms with Gasteiger partial charge >= 0.3 is 5.97 Å². The molecule has 4 heteroatoms. The van der Waals surface area contributed by atoms with E-state index in [0.717, 1.165) is 0 Å². The van der Waals surface area contributed by atoms with E-state index in [1.807, 2.05) is 20.8 Å². The summed E-state index contributed by atoms with van der Waals surface area (Å²) in [4.78, 5) is 22.3. The van der Waals surface area contributed by atoms with Crippen LogP contribution in [0.3, 0.4) is 0 Å². The molecule has 0 spiro atoms. The molecule has 1 fully saturated rings. The molecule has 1 aliphatic carbocycles. The van der Waals surface area contributed by atoms with E-state index in [0.29, 0.717) is 19.4 Å². The van der Waals surface area contributed by atoms with Crippen LogP contribution in [0.4, 0.5) is 0 Å². The van der Waals surface area contributed by atoms with Crippen LogP contribution in [0.2, 0.25) is 0 Å². The van der Waals surface area contributed by atoms with Gasteiger partial charge in [0.05, 0.1) is 0 Å². The van der Waals surface area contributed by atoms with Gasteiger partial charge in [-0.05, 0) is 18.3 Å². The highest BCUT2D eigenvalue weighted by Crippen LogP contribution is 2.46. The Balaban J connectivity index is 2.48. The van der Waals surface area contributed by atoms with Crippen LogP contribution in [-0.4, -0.2) is 23.5 Å². The zero-order valence-electron chi connectivity index (χ0n) is 8.89. The molecule has 1 amide bonds. The van der Waals surface area contributed by atoms with E-state index in [-0.39, 0.29) is 11.3 Å². The summed E-state index contributed by atoms with van der Waals surface area (Å²) in [6.07, 6.45) is 0.941. The van der Waals surface area contributed by atoms with Gasteiger partial charge in [0.25, 0.3) is 0 Å². The number of carboxylic acids is 1. The van der Waals surface area contributed by atoms with Gasteiger partial charge in [-0.1, -0.05) is 20.8 Å². The molecule has 0 saturated heterocycles. The summed E-state index contributed by atoms with van der Waals surface area (Å²) < 4.78 is 0. The molecule has 4 nitrogen and oxygen atoms in total. The Hall–Kier alpha value is -1.06. The molecule has 0 heterocycles. The number of amides is 1. The van der Waals surface area contributed by atoms with Crippen molar-refractivity contribution in [1.29, 1.82) is 0 Å². The molecule has 1 aliphatic rings. The van der Waals surface area contributed by atoms with Gasteiger partial charge in [0.15, 0.2) is 0 Å². The third-order valence-corrected chi connectivity index (χ3v) is 2.37. The third kappa shape index (κ3) is 2.25. The fourth-order valence-electron chi connectivity index (χ4n) is 1.18. The quantitative estimate of drug-likeness (QED) is 0.667. The predicted molar refractivity (Wildman–Crippen MR) is 51.8 cm³/mol. The third-order valence-electron chi connectivity index (χ3n) is 2.37. The fraction of sp³-hybridized carbons (Fsp3) is 0.800. The molecule has 0 aromatic rings. The Morgan fingerprint density at radius 3 is 2.14 bits per heavy atom. The molecular weight excluding hydrogens is 182 g/mol. The number of hydrogen-bond donors (Lipinski definition) is 2. The summed E-state index contributed by atoms with van der Waals surface area (Å²) in [5.74, 6) is -1.33. The highest BCUT2D eigenvalue weighted by molar-refractivity contribution is 6.04. The largest absolute Gasteiger partial charge is 0.480 e. The van der Waals surface area contributed by atoms with Gasteiger partial charge in [0, 0.05) is 6.54 Å². The normalized spacial score (nSPS) is 18.8. The van der Waals surface area contributed by atoms with Crippen molar-refractivity contribution < 1.29 is 14.7 Å². The summed E-state index contributed by atoms with van der Waals surface area (Å²) in [5.41, 5.74) is -1.12. The maximum Gasteiger partial charge on any atom is 0.319 e. The second-order valence-electron chi connectivity index (χ2n) is 5.13. The molecule has 0 bridgehead atoms. The highest BCUT2D eigenvalue weighted by Gasteiger charge is 2.57. The van der Waals surface area contributed by atoms with Crippen molar-refractivity contribution in [2.45, 2.75) is 33.6 Å². The summed E-state index contributed by atoms with van der Waals surface area (Å²) in [6, 6.07) is 0. The lowest BCUT2D eigenvalue weighted by Gasteiger charge is -2.20. The van der Waals surface area contributed by atoms with E-state index < -0.39 is 11.4 Å². The van der Waals surface area contributed by atoms with E-state index in [4.69, 9.17) is 5.11 Å². The summed E-state index contributed by atoms with van der Waals surface area (Å²) in [5, 5.41) is 11.5. The Labute approximate surface area is 83.7 Å². The van der Waals surface area contributed by atoms with Gasteiger partial charge in [-0.2, -0.15) is 0 Å². The van der Waals surface area contributed by atoms with E-state index in [2.05, 4.69) is 5.32 Å². The summed E-state index contributed by atoms with van der Waals surface area (Å²) >= 11 is 0. The molecule has 0 aliphatic heterocycles. The first-order valence-electron chi connectivity index (χ1n) is 4.80. The minimum Gasteiger partial charge on any atom is -0.480 e. The molecule has 80 valence electrons. The monoisotopic (exact) mass is 199 g/mol. The predicted octanol–water partition coefficient (Wildman–Crippen LogP) is 1.01. The molecule has 0 atom stereocenters. The van der Waals surface area contributed by atoms with Crippen LogP contribution in [0.5, 0.6) is 0 Å². The van der Waals surface area contributed by atoms with Crippen molar-refractivity contribution in [2.75, 3.05) is 6.54 Å². The Morgan fingerprint density at radius 2 is 1.86 bits per heavy atom. The van der Waals surface area contributed by atoms with E-state index >= 15 is 0 Å². The van der Waals surface area contributed by atoms with Crippen molar-refractivity contribution >= 4 is 11.9 Å². The molecule has 2 N–H and O–H groups in total. The Bertz CT molecular complexity index is 261. The fourth-order valence-corrected chi connectivity index (χ4v) is 1.18. The molecule has 0 radical (unpaired) electrons. The number of carboxylic acid groups (broad SMARTS) is 1. The first kappa shape index (κ1) is 11.0. The van der Waals surface area contributed by atoms with Crippen LogP contribution in [0, 0.1) is 10.8 Å². The number of nitrogens with one attached hydrogen (secondary N) is 1. The van der Waals surface area contributed by atoms with Gasteiger partial charge in [0.1, 0.15) is 5.41 Å². The average molecular weight is 199 g/mol. The van der Waals surface area contributed by atoms with Crippen LogP contribution in [0.15, 0.2) is 0 Å². The molecule has 0 aromatic carbocycles. The van der Waals surface area contributed by atoms with E-state index in [1.54, 1.807) is 0 Å². The van der Waals surface area contributed by atoms with Crippen molar-refractivity contribution in [1.82, 2.24) is 5.32 Å². The summed E-state index contributed by atoms with van der Waals surface area (Å²) in [6.45, 7) is 6.50. The lowest BCUT2D eigenvalue weighted by atomic mass is 9.96. The lowest BCUT2D eigenvalue weighted by molar-refractivity contribution is -0.149. The Morgan fingerprint density at radius 1 is 1.36 bits per heavy atom.